The Morgan fingerprint density at radius 3 is 2.20 bits per heavy atom. The molecule has 5 heteroatoms. The fourth-order valence-corrected chi connectivity index (χ4v) is 1.83. The number of rotatable bonds is 5. The van der Waals surface area contributed by atoms with Crippen molar-refractivity contribution in [3.63, 3.8) is 0 Å². The Bertz CT molecular complexity index is 362. The quantitative estimate of drug-likeness (QED) is 0.480. The summed E-state index contributed by atoms with van der Waals surface area (Å²) < 4.78 is 29.3. The summed E-state index contributed by atoms with van der Waals surface area (Å²) >= 11 is 0. The first-order valence-electron chi connectivity index (χ1n) is 4.57. The summed E-state index contributed by atoms with van der Waals surface area (Å²) in [5.74, 6) is -0.139. The van der Waals surface area contributed by atoms with Gasteiger partial charge in [0.15, 0.2) is 0 Å². The molecule has 0 saturated carbocycles. The van der Waals surface area contributed by atoms with E-state index in [1.165, 1.54) is 5.56 Å². The van der Waals surface area contributed by atoms with Gasteiger partial charge < -0.3 is 0 Å². The van der Waals surface area contributed by atoms with Gasteiger partial charge in [-0.1, -0.05) is 30.3 Å². The molecule has 0 saturated heterocycles. The van der Waals surface area contributed by atoms with Gasteiger partial charge in [-0.25, -0.2) is 0 Å². The van der Waals surface area contributed by atoms with Crippen LogP contribution in [0.4, 0.5) is 0 Å². The molecule has 0 aliphatic carbocycles. The summed E-state index contributed by atoms with van der Waals surface area (Å²) in [7, 11) is -3.78. The predicted octanol–water partition coefficient (Wildman–Crippen LogP) is 1.52. The summed E-state index contributed by atoms with van der Waals surface area (Å²) in [6.07, 6.45) is 2.15. The van der Waals surface area contributed by atoms with Crippen LogP contribution in [0.5, 0.6) is 0 Å². The van der Waals surface area contributed by atoms with Gasteiger partial charge in [0.1, 0.15) is 0 Å². The first kappa shape index (κ1) is 15.1. The number of benzene rings is 1. The van der Waals surface area contributed by atoms with Crippen molar-refractivity contribution in [1.82, 2.24) is 0 Å². The average molecular weight is 237 g/mol. The fraction of sp³-hybridized carbons (Fsp3) is 0.400. The van der Waals surface area contributed by atoms with E-state index in [2.05, 4.69) is 0 Å². The van der Waals surface area contributed by atoms with Crippen molar-refractivity contribution in [3.05, 3.63) is 35.9 Å². The summed E-state index contributed by atoms with van der Waals surface area (Å²) in [5.41, 5.74) is 1.20. The predicted molar refractivity (Wildman–Crippen MR) is 61.5 cm³/mol. The molecule has 0 aliphatic heterocycles. The van der Waals surface area contributed by atoms with Crippen molar-refractivity contribution in [1.29, 1.82) is 0 Å². The molecule has 79 valence electrons. The van der Waals surface area contributed by atoms with Crippen LogP contribution < -0.4 is 0 Å². The Hall–Kier alpha value is 0.130. The molecule has 1 aromatic carbocycles. The largest absolute Gasteiger partial charge is 0.286 e. The second kappa shape index (κ2) is 7.41. The Balaban J connectivity index is 0.00000196. The second-order valence-corrected chi connectivity index (χ2v) is 4.80. The van der Waals surface area contributed by atoms with Gasteiger partial charge in [-0.05, 0) is 24.8 Å². The summed E-state index contributed by atoms with van der Waals surface area (Å²) in [6, 6.07) is 9.87. The van der Waals surface area contributed by atoms with Crippen molar-refractivity contribution in [3.8, 4) is 0 Å². The van der Waals surface area contributed by atoms with E-state index in [4.69, 9.17) is 4.55 Å². The van der Waals surface area contributed by atoms with Gasteiger partial charge >= 0.3 is 0 Å². The molecule has 1 aromatic rings. The maximum absolute atomic E-state index is 10.4. The van der Waals surface area contributed by atoms with Gasteiger partial charge in [-0.15, -0.1) is 0 Å². The van der Waals surface area contributed by atoms with E-state index in [0.29, 0.717) is 6.42 Å². The SMILES string of the molecule is O=S(=O)(O)CCCCc1ccccc1.[Na]. The van der Waals surface area contributed by atoms with Crippen LogP contribution in [-0.2, 0) is 16.5 Å². The van der Waals surface area contributed by atoms with Crippen LogP contribution in [0.2, 0.25) is 0 Å². The van der Waals surface area contributed by atoms with Gasteiger partial charge in [0, 0.05) is 29.6 Å². The molecule has 0 aromatic heterocycles. The molecule has 1 N–H and O–H groups in total. The third-order valence-electron chi connectivity index (χ3n) is 1.96. The maximum Gasteiger partial charge on any atom is 0.264 e. The molecule has 1 radical (unpaired) electrons. The normalized spacial score (nSPS) is 10.7. The molecule has 1 rings (SSSR count). The topological polar surface area (TPSA) is 54.4 Å². The molecule has 0 fully saturated rings. The molecular formula is C10H14NaO3S. The van der Waals surface area contributed by atoms with Crippen LogP contribution in [-0.4, -0.2) is 48.3 Å². The van der Waals surface area contributed by atoms with Gasteiger partial charge in [-0.3, -0.25) is 4.55 Å². The third kappa shape index (κ3) is 7.99. The van der Waals surface area contributed by atoms with Crippen molar-refractivity contribution in [2.45, 2.75) is 19.3 Å². The fourth-order valence-electron chi connectivity index (χ4n) is 1.26. The molecule has 15 heavy (non-hydrogen) atoms. The molecule has 0 atom stereocenters. The first-order chi connectivity index (χ1) is 6.58. The van der Waals surface area contributed by atoms with E-state index in [1.807, 2.05) is 30.3 Å². The molecular weight excluding hydrogens is 223 g/mol. The zero-order valence-electron chi connectivity index (χ0n) is 8.89. The van der Waals surface area contributed by atoms with Crippen molar-refractivity contribution in [2.75, 3.05) is 5.75 Å². The van der Waals surface area contributed by atoms with E-state index in [1.54, 1.807) is 0 Å². The van der Waals surface area contributed by atoms with Crippen molar-refractivity contribution in [2.24, 2.45) is 0 Å². The van der Waals surface area contributed by atoms with E-state index in [-0.39, 0.29) is 35.3 Å². The molecule has 0 unspecified atom stereocenters. The Morgan fingerprint density at radius 1 is 1.07 bits per heavy atom. The minimum absolute atomic E-state index is 0. The number of aryl methyl sites for hydroxylation is 1. The van der Waals surface area contributed by atoms with Gasteiger partial charge in [-0.2, -0.15) is 8.42 Å². The van der Waals surface area contributed by atoms with Crippen LogP contribution in [0, 0.1) is 0 Å². The first-order valence-corrected chi connectivity index (χ1v) is 6.18. The van der Waals surface area contributed by atoms with Crippen LogP contribution >= 0.6 is 0 Å². The number of hydrogen-bond donors (Lipinski definition) is 1. The minimum atomic E-state index is -3.78. The van der Waals surface area contributed by atoms with Crippen molar-refractivity contribution < 1.29 is 13.0 Å². The Morgan fingerprint density at radius 2 is 1.67 bits per heavy atom. The van der Waals surface area contributed by atoms with Crippen LogP contribution in [0.25, 0.3) is 0 Å². The van der Waals surface area contributed by atoms with E-state index in [0.717, 1.165) is 12.8 Å². The smallest absolute Gasteiger partial charge is 0.264 e. The standard InChI is InChI=1S/C10H14O3S.Na/c11-14(12,13)9-5-4-8-10-6-2-1-3-7-10;/h1-3,6-7H,4-5,8-9H2,(H,11,12,13);. The van der Waals surface area contributed by atoms with Crippen LogP contribution in [0.15, 0.2) is 30.3 Å². The summed E-state index contributed by atoms with van der Waals surface area (Å²) in [5, 5.41) is 0. The van der Waals surface area contributed by atoms with Gasteiger partial charge in [0.25, 0.3) is 10.1 Å². The molecule has 0 bridgehead atoms. The second-order valence-electron chi connectivity index (χ2n) is 3.23. The number of unbranched alkanes of at least 4 members (excludes halogenated alkanes) is 1. The molecule has 0 aliphatic rings. The zero-order valence-corrected chi connectivity index (χ0v) is 11.7. The van der Waals surface area contributed by atoms with Crippen LogP contribution in [0.1, 0.15) is 18.4 Å². The number of hydrogen-bond acceptors (Lipinski definition) is 2. The minimum Gasteiger partial charge on any atom is -0.286 e. The third-order valence-corrected chi connectivity index (χ3v) is 2.77. The maximum atomic E-state index is 10.4. The van der Waals surface area contributed by atoms with Crippen LogP contribution in [0.3, 0.4) is 0 Å². The van der Waals surface area contributed by atoms with E-state index in [9.17, 15) is 8.42 Å². The zero-order chi connectivity index (χ0) is 10.4. The molecule has 0 amide bonds. The molecule has 0 heterocycles. The Kier molecular flexibility index (Phi) is 7.48. The summed E-state index contributed by atoms with van der Waals surface area (Å²) in [4.78, 5) is 0. The van der Waals surface area contributed by atoms with Crippen molar-refractivity contribution >= 4 is 39.7 Å². The van der Waals surface area contributed by atoms with Gasteiger partial charge in [0.2, 0.25) is 0 Å². The molecule has 0 spiro atoms. The molecule has 3 nitrogen and oxygen atoms in total. The van der Waals surface area contributed by atoms with Gasteiger partial charge in [0.05, 0.1) is 5.75 Å². The average Bonchev–Trinajstić information content (AvgIpc) is 2.13. The van der Waals surface area contributed by atoms with E-state index >= 15 is 0 Å². The Labute approximate surface area is 113 Å². The summed E-state index contributed by atoms with van der Waals surface area (Å²) in [6.45, 7) is 0. The van der Waals surface area contributed by atoms with E-state index < -0.39 is 10.1 Å². The monoisotopic (exact) mass is 237 g/mol.